The van der Waals surface area contributed by atoms with E-state index in [1.165, 1.54) is 25.7 Å². The lowest BCUT2D eigenvalue weighted by Crippen LogP contribution is -2.53. The average molecular weight is 225 g/mol. The number of carboxylic acid groups (broad SMARTS) is 1. The Balaban J connectivity index is 1.64. The van der Waals surface area contributed by atoms with Crippen molar-refractivity contribution in [3.63, 3.8) is 0 Å². The Morgan fingerprint density at radius 2 is 1.81 bits per heavy atom. The fourth-order valence-electron chi connectivity index (χ4n) is 2.62. The molecule has 0 aromatic carbocycles. The molecule has 0 spiro atoms. The Morgan fingerprint density at radius 1 is 1.19 bits per heavy atom. The zero-order valence-corrected chi connectivity index (χ0v) is 9.52. The first-order valence-corrected chi connectivity index (χ1v) is 6.17. The van der Waals surface area contributed by atoms with Crippen LogP contribution in [0.5, 0.6) is 0 Å². The van der Waals surface area contributed by atoms with Gasteiger partial charge in [0.25, 0.3) is 0 Å². The fraction of sp³-hybridized carbons (Fsp3) is 0.833. The Hall–Kier alpha value is -1.06. The average Bonchev–Trinajstić information content (AvgIpc) is 2.63. The van der Waals surface area contributed by atoms with Gasteiger partial charge in [-0.1, -0.05) is 25.7 Å². The minimum atomic E-state index is -0.778. The molecule has 16 heavy (non-hydrogen) atoms. The zero-order chi connectivity index (χ0) is 11.5. The zero-order valence-electron chi connectivity index (χ0n) is 9.52. The van der Waals surface area contributed by atoms with Crippen molar-refractivity contribution < 1.29 is 14.7 Å². The summed E-state index contributed by atoms with van der Waals surface area (Å²) >= 11 is 0. The summed E-state index contributed by atoms with van der Waals surface area (Å²) in [7, 11) is 0. The number of aliphatic carboxylic acids is 1. The molecule has 1 saturated heterocycles. The molecule has 2 aliphatic rings. The monoisotopic (exact) mass is 225 g/mol. The molecule has 1 aliphatic heterocycles. The molecule has 1 N–H and O–H groups in total. The summed E-state index contributed by atoms with van der Waals surface area (Å²) in [6.07, 6.45) is 6.76. The van der Waals surface area contributed by atoms with E-state index in [-0.39, 0.29) is 11.8 Å². The van der Waals surface area contributed by atoms with Crippen LogP contribution in [0.25, 0.3) is 0 Å². The van der Waals surface area contributed by atoms with Crippen LogP contribution in [0.3, 0.4) is 0 Å². The van der Waals surface area contributed by atoms with Gasteiger partial charge in [0, 0.05) is 19.5 Å². The molecule has 0 aromatic rings. The van der Waals surface area contributed by atoms with Crippen molar-refractivity contribution >= 4 is 11.9 Å². The minimum absolute atomic E-state index is 0.143. The lowest BCUT2D eigenvalue weighted by atomic mass is 9.97. The molecule has 4 nitrogen and oxygen atoms in total. The second-order valence-electron chi connectivity index (χ2n) is 5.02. The van der Waals surface area contributed by atoms with Gasteiger partial charge in [0.05, 0.1) is 5.92 Å². The van der Waals surface area contributed by atoms with Crippen LogP contribution >= 0.6 is 0 Å². The second kappa shape index (κ2) is 4.85. The van der Waals surface area contributed by atoms with E-state index < -0.39 is 5.97 Å². The van der Waals surface area contributed by atoms with Crippen LogP contribution in [-0.2, 0) is 9.59 Å². The Kier molecular flexibility index (Phi) is 3.46. The molecule has 1 aliphatic carbocycles. The molecule has 90 valence electrons. The lowest BCUT2D eigenvalue weighted by Gasteiger charge is -2.36. The Labute approximate surface area is 95.6 Å². The standard InChI is InChI=1S/C12H19NO3/c14-11(6-5-9-3-1-2-4-9)13-7-10(8-13)12(15)16/h9-10H,1-8H2,(H,15,16). The molecule has 0 radical (unpaired) electrons. The van der Waals surface area contributed by atoms with Gasteiger partial charge < -0.3 is 10.0 Å². The van der Waals surface area contributed by atoms with Gasteiger partial charge in [-0.15, -0.1) is 0 Å². The molecular weight excluding hydrogens is 206 g/mol. The summed E-state index contributed by atoms with van der Waals surface area (Å²) in [4.78, 5) is 23.9. The van der Waals surface area contributed by atoms with Gasteiger partial charge in [-0.25, -0.2) is 0 Å². The highest BCUT2D eigenvalue weighted by Gasteiger charge is 2.35. The third-order valence-corrected chi connectivity index (χ3v) is 3.82. The van der Waals surface area contributed by atoms with Gasteiger partial charge in [0.2, 0.25) is 5.91 Å². The number of carbonyl (C=O) groups excluding carboxylic acids is 1. The third-order valence-electron chi connectivity index (χ3n) is 3.82. The maximum absolute atomic E-state index is 11.7. The second-order valence-corrected chi connectivity index (χ2v) is 5.02. The maximum atomic E-state index is 11.7. The van der Waals surface area contributed by atoms with Gasteiger partial charge in [0.15, 0.2) is 0 Å². The van der Waals surface area contributed by atoms with E-state index in [0.717, 1.165) is 12.3 Å². The summed E-state index contributed by atoms with van der Waals surface area (Å²) in [5.74, 6) is -0.222. The quantitative estimate of drug-likeness (QED) is 0.788. The summed E-state index contributed by atoms with van der Waals surface area (Å²) in [5, 5.41) is 8.70. The van der Waals surface area contributed by atoms with Crippen LogP contribution in [0.1, 0.15) is 38.5 Å². The van der Waals surface area contributed by atoms with E-state index >= 15 is 0 Å². The fourth-order valence-corrected chi connectivity index (χ4v) is 2.62. The van der Waals surface area contributed by atoms with E-state index in [1.54, 1.807) is 4.90 Å². The van der Waals surface area contributed by atoms with Crippen molar-refractivity contribution in [2.24, 2.45) is 11.8 Å². The molecule has 4 heteroatoms. The van der Waals surface area contributed by atoms with Crippen LogP contribution in [-0.4, -0.2) is 35.0 Å². The normalized spacial score (nSPS) is 22.1. The van der Waals surface area contributed by atoms with Crippen molar-refractivity contribution in [2.45, 2.75) is 38.5 Å². The van der Waals surface area contributed by atoms with Crippen molar-refractivity contribution in [3.05, 3.63) is 0 Å². The van der Waals surface area contributed by atoms with Crippen molar-refractivity contribution in [1.82, 2.24) is 4.90 Å². The predicted octanol–water partition coefficient (Wildman–Crippen LogP) is 1.50. The van der Waals surface area contributed by atoms with E-state index in [0.29, 0.717) is 19.5 Å². The van der Waals surface area contributed by atoms with Crippen LogP contribution in [0.4, 0.5) is 0 Å². The number of nitrogens with zero attached hydrogens (tertiary/aromatic N) is 1. The first-order chi connectivity index (χ1) is 7.66. The third kappa shape index (κ3) is 2.54. The number of carboxylic acids is 1. The molecular formula is C12H19NO3. The highest BCUT2D eigenvalue weighted by molar-refractivity contribution is 5.80. The molecule has 2 rings (SSSR count). The van der Waals surface area contributed by atoms with E-state index in [9.17, 15) is 9.59 Å². The Morgan fingerprint density at radius 3 is 2.38 bits per heavy atom. The van der Waals surface area contributed by atoms with Gasteiger partial charge in [-0.3, -0.25) is 9.59 Å². The summed E-state index contributed by atoms with van der Waals surface area (Å²) < 4.78 is 0. The van der Waals surface area contributed by atoms with Gasteiger partial charge in [-0.2, -0.15) is 0 Å². The minimum Gasteiger partial charge on any atom is -0.481 e. The highest BCUT2D eigenvalue weighted by Crippen LogP contribution is 2.29. The summed E-state index contributed by atoms with van der Waals surface area (Å²) in [6, 6.07) is 0. The first-order valence-electron chi connectivity index (χ1n) is 6.17. The number of likely N-dealkylation sites (tertiary alicyclic amines) is 1. The molecule has 1 amide bonds. The number of carbonyl (C=O) groups is 2. The molecule has 0 bridgehead atoms. The van der Waals surface area contributed by atoms with Gasteiger partial charge in [-0.05, 0) is 12.3 Å². The van der Waals surface area contributed by atoms with Crippen molar-refractivity contribution in [2.75, 3.05) is 13.1 Å². The molecule has 2 fully saturated rings. The molecule has 0 unspecified atom stereocenters. The lowest BCUT2D eigenvalue weighted by molar-refractivity contribution is -0.152. The van der Waals surface area contributed by atoms with Crippen LogP contribution in [0.15, 0.2) is 0 Å². The van der Waals surface area contributed by atoms with E-state index in [4.69, 9.17) is 5.11 Å². The van der Waals surface area contributed by atoms with E-state index in [2.05, 4.69) is 0 Å². The number of hydrogen-bond donors (Lipinski definition) is 1. The molecule has 0 aromatic heterocycles. The Bertz CT molecular complexity index is 278. The number of hydrogen-bond acceptors (Lipinski definition) is 2. The maximum Gasteiger partial charge on any atom is 0.310 e. The molecule has 0 atom stereocenters. The van der Waals surface area contributed by atoms with Crippen LogP contribution < -0.4 is 0 Å². The van der Waals surface area contributed by atoms with Crippen LogP contribution in [0, 0.1) is 11.8 Å². The molecule has 1 saturated carbocycles. The number of rotatable bonds is 4. The molecule has 1 heterocycles. The SMILES string of the molecule is O=C(O)C1CN(C(=O)CCC2CCCC2)C1. The summed E-state index contributed by atoms with van der Waals surface area (Å²) in [5.41, 5.74) is 0. The highest BCUT2D eigenvalue weighted by atomic mass is 16.4. The topological polar surface area (TPSA) is 57.6 Å². The van der Waals surface area contributed by atoms with Gasteiger partial charge >= 0.3 is 5.97 Å². The van der Waals surface area contributed by atoms with Crippen molar-refractivity contribution in [3.8, 4) is 0 Å². The van der Waals surface area contributed by atoms with E-state index in [1.807, 2.05) is 0 Å². The largest absolute Gasteiger partial charge is 0.481 e. The van der Waals surface area contributed by atoms with Gasteiger partial charge in [0.1, 0.15) is 0 Å². The number of amides is 1. The predicted molar refractivity (Wildman–Crippen MR) is 58.9 cm³/mol. The summed E-state index contributed by atoms with van der Waals surface area (Å²) in [6.45, 7) is 0.831. The first kappa shape index (κ1) is 11.4. The van der Waals surface area contributed by atoms with Crippen LogP contribution in [0.2, 0.25) is 0 Å². The smallest absolute Gasteiger partial charge is 0.310 e. The van der Waals surface area contributed by atoms with Crippen molar-refractivity contribution in [1.29, 1.82) is 0 Å².